The first-order valence-electron chi connectivity index (χ1n) is 11.1. The zero-order chi connectivity index (χ0) is 24.4. The number of nitrogens with one attached hydrogen (secondary N) is 2. The number of aryl methyl sites for hydroxylation is 1. The summed E-state index contributed by atoms with van der Waals surface area (Å²) in [5.41, 5.74) is 6.82. The van der Waals surface area contributed by atoms with E-state index >= 15 is 0 Å². The Kier molecular flexibility index (Phi) is 6.56. The number of ether oxygens (including phenoxy) is 1. The zero-order valence-electron chi connectivity index (χ0n) is 18.7. The van der Waals surface area contributed by atoms with Crippen LogP contribution in [0.1, 0.15) is 16.9 Å². The average molecular weight is 511 g/mol. The number of anilines is 2. The number of rotatable bonds is 7. The Bertz CT molecular complexity index is 1440. The lowest BCUT2D eigenvalue weighted by Gasteiger charge is -2.26. The van der Waals surface area contributed by atoms with Gasteiger partial charge in [0.25, 0.3) is 5.56 Å². The molecule has 0 bridgehead atoms. The van der Waals surface area contributed by atoms with Crippen LogP contribution >= 0.6 is 22.9 Å². The Labute approximate surface area is 209 Å². The number of halogens is 1. The summed E-state index contributed by atoms with van der Waals surface area (Å²) in [6.07, 6.45) is 4.63. The summed E-state index contributed by atoms with van der Waals surface area (Å²) in [6, 6.07) is 11.4. The quantitative estimate of drug-likeness (QED) is 0.348. The summed E-state index contributed by atoms with van der Waals surface area (Å²) in [5, 5.41) is 7.77. The molecule has 4 heterocycles. The van der Waals surface area contributed by atoms with E-state index in [1.54, 1.807) is 6.20 Å². The summed E-state index contributed by atoms with van der Waals surface area (Å²) < 4.78 is 7.99. The first-order valence-corrected chi connectivity index (χ1v) is 12.3. The van der Waals surface area contributed by atoms with Crippen LogP contribution in [0.2, 0.25) is 5.02 Å². The lowest BCUT2D eigenvalue weighted by molar-refractivity contribution is -0.121. The highest BCUT2D eigenvalue weighted by Gasteiger charge is 2.24. The van der Waals surface area contributed by atoms with Crippen LogP contribution in [0.25, 0.3) is 10.1 Å². The summed E-state index contributed by atoms with van der Waals surface area (Å²) in [4.78, 5) is 34.8. The van der Waals surface area contributed by atoms with E-state index in [0.29, 0.717) is 24.0 Å². The number of nitrogen functional groups attached to an aromatic ring is 1. The number of carbonyl (C=O) groups excluding carboxylic acids is 1. The van der Waals surface area contributed by atoms with Crippen LogP contribution in [0.5, 0.6) is 5.88 Å². The van der Waals surface area contributed by atoms with Gasteiger partial charge in [-0.3, -0.25) is 14.2 Å². The van der Waals surface area contributed by atoms with Gasteiger partial charge in [0, 0.05) is 26.2 Å². The maximum Gasteiger partial charge on any atom is 0.281 e. The fraction of sp³-hybridized carbons (Fsp3) is 0.250. The topological polar surface area (TPSA) is 124 Å². The molecule has 1 atom stereocenters. The summed E-state index contributed by atoms with van der Waals surface area (Å²) in [5.74, 6) is 0.423. The van der Waals surface area contributed by atoms with E-state index in [1.165, 1.54) is 22.2 Å². The average Bonchev–Trinajstić information content (AvgIpc) is 3.26. The lowest BCUT2D eigenvalue weighted by atomic mass is 10.0. The Morgan fingerprint density at radius 3 is 2.94 bits per heavy atom. The van der Waals surface area contributed by atoms with Crippen molar-refractivity contribution < 1.29 is 9.53 Å². The first kappa shape index (κ1) is 23.1. The molecule has 1 aliphatic heterocycles. The number of carbonyl (C=O) groups is 1. The molecular formula is C24H23ClN6O3S. The van der Waals surface area contributed by atoms with Gasteiger partial charge in [-0.2, -0.15) is 0 Å². The maximum atomic E-state index is 13.0. The Balaban J connectivity index is 1.20. The molecular weight excluding hydrogens is 488 g/mol. The highest BCUT2D eigenvalue weighted by atomic mass is 35.5. The van der Waals surface area contributed by atoms with Gasteiger partial charge in [-0.15, -0.1) is 11.3 Å². The van der Waals surface area contributed by atoms with Crippen molar-refractivity contribution in [1.29, 1.82) is 0 Å². The van der Waals surface area contributed by atoms with Crippen LogP contribution in [-0.4, -0.2) is 33.1 Å². The standard InChI is InChI=1S/C24H23ClN6O3S/c25-16-4-1-14(2-5-16)3-6-17-12-34-23-22(30-17)24(33)31(13-29-23)11-21(32)28-10-18-7-15-9-27-20(26)8-19(15)35-18/h1-2,4-5,7-9,13,17,30H,3,6,10-12H2,(H2,26,27)(H,28,32)/t17-/m1/s1. The molecule has 9 nitrogen and oxygen atoms in total. The predicted molar refractivity (Wildman–Crippen MR) is 137 cm³/mol. The summed E-state index contributed by atoms with van der Waals surface area (Å²) >= 11 is 7.48. The highest BCUT2D eigenvalue weighted by Crippen LogP contribution is 2.26. The van der Waals surface area contributed by atoms with Crippen molar-refractivity contribution in [1.82, 2.24) is 19.9 Å². The second-order valence-corrected chi connectivity index (χ2v) is 9.92. The molecule has 0 spiro atoms. The third-order valence-corrected chi connectivity index (χ3v) is 7.06. The van der Waals surface area contributed by atoms with Gasteiger partial charge >= 0.3 is 0 Å². The van der Waals surface area contributed by atoms with Crippen molar-refractivity contribution >= 4 is 50.4 Å². The molecule has 3 aromatic heterocycles. The number of aromatic nitrogens is 3. The molecule has 11 heteroatoms. The number of nitrogens with zero attached hydrogens (tertiary/aromatic N) is 3. The van der Waals surface area contributed by atoms with Crippen LogP contribution in [0.4, 0.5) is 11.5 Å². The molecule has 0 radical (unpaired) electrons. The molecule has 1 aliphatic rings. The van der Waals surface area contributed by atoms with E-state index < -0.39 is 0 Å². The highest BCUT2D eigenvalue weighted by molar-refractivity contribution is 7.19. The minimum absolute atomic E-state index is 0.0474. The predicted octanol–water partition coefficient (Wildman–Crippen LogP) is 3.21. The zero-order valence-corrected chi connectivity index (χ0v) is 20.2. The number of nitrogens with two attached hydrogens (primary N) is 1. The third-order valence-electron chi connectivity index (χ3n) is 5.71. The molecule has 4 aromatic rings. The molecule has 0 saturated carbocycles. The fourth-order valence-corrected chi connectivity index (χ4v) is 5.03. The second-order valence-electron chi connectivity index (χ2n) is 8.31. The van der Waals surface area contributed by atoms with Gasteiger partial charge in [0.05, 0.1) is 12.6 Å². The fourth-order valence-electron chi connectivity index (χ4n) is 3.88. The molecule has 0 fully saturated rings. The van der Waals surface area contributed by atoms with Crippen molar-refractivity contribution in [2.75, 3.05) is 17.7 Å². The largest absolute Gasteiger partial charge is 0.474 e. The summed E-state index contributed by atoms with van der Waals surface area (Å²) in [6.45, 7) is 0.614. The summed E-state index contributed by atoms with van der Waals surface area (Å²) in [7, 11) is 0. The van der Waals surface area contributed by atoms with Crippen LogP contribution in [0.3, 0.4) is 0 Å². The Morgan fingerprint density at radius 2 is 2.11 bits per heavy atom. The molecule has 35 heavy (non-hydrogen) atoms. The van der Waals surface area contributed by atoms with Crippen molar-refractivity contribution in [3.05, 3.63) is 74.7 Å². The van der Waals surface area contributed by atoms with Crippen molar-refractivity contribution in [3.8, 4) is 5.88 Å². The monoisotopic (exact) mass is 510 g/mol. The van der Waals surface area contributed by atoms with Crippen LogP contribution in [0, 0.1) is 0 Å². The molecule has 1 aromatic carbocycles. The smallest absolute Gasteiger partial charge is 0.281 e. The van der Waals surface area contributed by atoms with Gasteiger partial charge < -0.3 is 21.1 Å². The second kappa shape index (κ2) is 9.93. The number of hydrogen-bond acceptors (Lipinski definition) is 8. The number of benzene rings is 1. The van der Waals surface area contributed by atoms with Gasteiger partial charge in [0.1, 0.15) is 25.3 Å². The van der Waals surface area contributed by atoms with Gasteiger partial charge in [0.2, 0.25) is 11.8 Å². The van der Waals surface area contributed by atoms with Gasteiger partial charge in [0.15, 0.2) is 5.69 Å². The SMILES string of the molecule is Nc1cc2sc(CNC(=O)Cn3cnc4c(c3=O)N[C@H](CCc3ccc(Cl)cc3)CO4)cc2cn1. The molecule has 4 N–H and O–H groups in total. The van der Waals surface area contributed by atoms with Crippen molar-refractivity contribution in [2.24, 2.45) is 0 Å². The van der Waals surface area contributed by atoms with Crippen LogP contribution in [0.15, 0.2) is 53.7 Å². The Hall–Kier alpha value is -3.63. The van der Waals surface area contributed by atoms with Crippen molar-refractivity contribution in [2.45, 2.75) is 32.0 Å². The molecule has 0 unspecified atom stereocenters. The van der Waals surface area contributed by atoms with E-state index in [9.17, 15) is 9.59 Å². The maximum absolute atomic E-state index is 13.0. The van der Waals surface area contributed by atoms with Crippen molar-refractivity contribution in [3.63, 3.8) is 0 Å². The first-order chi connectivity index (χ1) is 16.9. The number of amides is 1. The van der Waals surface area contributed by atoms with Gasteiger partial charge in [-0.25, -0.2) is 9.97 Å². The van der Waals surface area contributed by atoms with E-state index in [1.807, 2.05) is 36.4 Å². The van der Waals surface area contributed by atoms with E-state index in [2.05, 4.69) is 20.6 Å². The number of thiophene rings is 1. The minimum Gasteiger partial charge on any atom is -0.474 e. The minimum atomic E-state index is -0.343. The number of hydrogen-bond donors (Lipinski definition) is 3. The van der Waals surface area contributed by atoms with Crippen LogP contribution < -0.4 is 26.7 Å². The normalized spacial score (nSPS) is 14.7. The Morgan fingerprint density at radius 1 is 1.29 bits per heavy atom. The van der Waals surface area contributed by atoms with Gasteiger partial charge in [-0.1, -0.05) is 23.7 Å². The lowest BCUT2D eigenvalue weighted by Crippen LogP contribution is -2.39. The molecule has 0 saturated heterocycles. The molecule has 5 rings (SSSR count). The molecule has 0 aliphatic carbocycles. The number of pyridine rings is 1. The third kappa shape index (κ3) is 5.39. The van der Waals surface area contributed by atoms with E-state index in [-0.39, 0.29) is 35.6 Å². The number of fused-ring (bicyclic) bond motifs is 2. The van der Waals surface area contributed by atoms with E-state index in [0.717, 1.165) is 33.4 Å². The van der Waals surface area contributed by atoms with Gasteiger partial charge in [-0.05, 0) is 42.7 Å². The molecule has 1 amide bonds. The van der Waals surface area contributed by atoms with Crippen LogP contribution in [-0.2, 0) is 24.3 Å². The van der Waals surface area contributed by atoms with E-state index in [4.69, 9.17) is 22.1 Å². The molecule has 180 valence electrons.